The molecule has 0 aromatic heterocycles. The number of rotatable bonds is 6. The van der Waals surface area contributed by atoms with Crippen LogP contribution in [0.1, 0.15) is 6.42 Å². The van der Waals surface area contributed by atoms with Gasteiger partial charge >= 0.3 is 11.9 Å². The Hall–Kier alpha value is -1.88. The summed E-state index contributed by atoms with van der Waals surface area (Å²) in [5.74, 6) is -1.24. The molecule has 0 atom stereocenters. The Bertz CT molecular complexity index is 290. The molecule has 0 aliphatic carbocycles. The third-order valence-electron chi connectivity index (χ3n) is 1.28. The van der Waals surface area contributed by atoms with Gasteiger partial charge in [0, 0.05) is 0 Å². The van der Waals surface area contributed by atoms with Gasteiger partial charge in [-0.25, -0.2) is 4.79 Å². The number of hydrogen-bond donors (Lipinski definition) is 1. The summed E-state index contributed by atoms with van der Waals surface area (Å²) in [5.41, 5.74) is 0.0375. The van der Waals surface area contributed by atoms with E-state index in [2.05, 4.69) is 22.6 Å². The molecule has 15 heavy (non-hydrogen) atoms. The zero-order valence-electron chi connectivity index (χ0n) is 8.14. The summed E-state index contributed by atoms with van der Waals surface area (Å²) in [6.45, 7) is 5.88. The van der Waals surface area contributed by atoms with Crippen LogP contribution in [0.4, 0.5) is 0 Å². The molecule has 0 amide bonds. The minimum Gasteiger partial charge on any atom is -0.435 e. The van der Waals surface area contributed by atoms with Crippen LogP contribution >= 0.6 is 0 Å². The summed E-state index contributed by atoms with van der Waals surface area (Å²) in [6, 6.07) is 0. The number of hydrogen-bond acceptors (Lipinski definition) is 5. The summed E-state index contributed by atoms with van der Waals surface area (Å²) in [6.07, 6.45) is 3.72. The van der Waals surface area contributed by atoms with E-state index in [0.29, 0.717) is 0 Å². The molecule has 0 bridgehead atoms. The van der Waals surface area contributed by atoms with Gasteiger partial charge in [-0.3, -0.25) is 4.79 Å². The van der Waals surface area contributed by atoms with Gasteiger partial charge in [0.2, 0.25) is 0 Å². The average Bonchev–Trinajstić information content (AvgIpc) is 2.18. The van der Waals surface area contributed by atoms with E-state index in [9.17, 15) is 9.59 Å². The smallest absolute Gasteiger partial charge is 0.339 e. The predicted molar refractivity (Wildman–Crippen MR) is 52.4 cm³/mol. The van der Waals surface area contributed by atoms with Gasteiger partial charge in [0.1, 0.15) is 0 Å². The molecule has 1 N–H and O–H groups in total. The lowest BCUT2D eigenvalue weighted by Crippen LogP contribution is -2.06. The molecular formula is C10H12O5. The Morgan fingerprint density at radius 3 is 2.60 bits per heavy atom. The highest BCUT2D eigenvalue weighted by molar-refractivity contribution is 5.90. The molecule has 0 fully saturated rings. The van der Waals surface area contributed by atoms with Crippen molar-refractivity contribution in [3.63, 3.8) is 0 Å². The molecule has 0 aliphatic rings. The third kappa shape index (κ3) is 6.23. The Morgan fingerprint density at radius 2 is 2.07 bits per heavy atom. The molecule has 82 valence electrons. The van der Waals surface area contributed by atoms with Crippen molar-refractivity contribution in [1.82, 2.24) is 0 Å². The van der Waals surface area contributed by atoms with Crippen LogP contribution in [-0.2, 0) is 19.1 Å². The molecule has 0 aromatic rings. The van der Waals surface area contributed by atoms with Crippen molar-refractivity contribution in [2.75, 3.05) is 6.79 Å². The maximum absolute atomic E-state index is 10.9. The number of esters is 2. The van der Waals surface area contributed by atoms with Crippen LogP contribution in [0, 0.1) is 0 Å². The highest BCUT2D eigenvalue weighted by Gasteiger charge is 2.04. The summed E-state index contributed by atoms with van der Waals surface area (Å²) >= 11 is 0. The quantitative estimate of drug-likeness (QED) is 0.230. The first-order valence-corrected chi connectivity index (χ1v) is 4.05. The minimum absolute atomic E-state index is 0.00253. The topological polar surface area (TPSA) is 72.8 Å². The maximum Gasteiger partial charge on any atom is 0.339 e. The molecule has 5 nitrogen and oxygen atoms in total. The highest BCUT2D eigenvalue weighted by Crippen LogP contribution is 1.98. The monoisotopic (exact) mass is 212 g/mol. The first-order chi connectivity index (χ1) is 7.11. The van der Waals surface area contributed by atoms with Crippen LogP contribution in [0.5, 0.6) is 0 Å². The van der Waals surface area contributed by atoms with Crippen LogP contribution in [0.2, 0.25) is 0 Å². The number of aliphatic hydroxyl groups is 1. The molecule has 0 saturated carbocycles. The van der Waals surface area contributed by atoms with Gasteiger partial charge in [-0.1, -0.05) is 25.3 Å². The molecule has 0 radical (unpaired) electrons. The third-order valence-corrected chi connectivity index (χ3v) is 1.28. The zero-order valence-corrected chi connectivity index (χ0v) is 8.14. The fourth-order valence-corrected chi connectivity index (χ4v) is 0.658. The number of carbonyl (C=O) groups excluding carboxylic acids is 2. The minimum atomic E-state index is -0.745. The molecule has 5 heteroatoms. The van der Waals surface area contributed by atoms with E-state index < -0.39 is 18.7 Å². The average molecular weight is 212 g/mol. The van der Waals surface area contributed by atoms with Crippen molar-refractivity contribution in [1.29, 1.82) is 0 Å². The lowest BCUT2D eigenvalue weighted by atomic mass is 10.2. The van der Waals surface area contributed by atoms with Gasteiger partial charge in [-0.05, 0) is 0 Å². The van der Waals surface area contributed by atoms with E-state index in [4.69, 9.17) is 5.11 Å². The highest BCUT2D eigenvalue weighted by atomic mass is 16.6. The Balaban J connectivity index is 3.96. The summed E-state index contributed by atoms with van der Waals surface area (Å²) < 4.78 is 8.66. The van der Waals surface area contributed by atoms with Gasteiger partial charge in [0.05, 0.1) is 18.3 Å². The number of ether oxygens (including phenoxy) is 2. The summed E-state index contributed by atoms with van der Waals surface area (Å²) in [4.78, 5) is 21.7. The van der Waals surface area contributed by atoms with Gasteiger partial charge in [0.25, 0.3) is 0 Å². The standard InChI is InChI=1S/C10H12O5/c1-3-14-9(12)6-4-5-8(2)10(13)15-7-11/h3-5,11H,1-2,6-7H2. The van der Waals surface area contributed by atoms with Crippen LogP contribution in [-0.4, -0.2) is 23.8 Å². The Labute approximate surface area is 87.3 Å². The van der Waals surface area contributed by atoms with Gasteiger partial charge < -0.3 is 14.6 Å². The van der Waals surface area contributed by atoms with Gasteiger partial charge in [0.15, 0.2) is 6.79 Å². The van der Waals surface area contributed by atoms with Gasteiger partial charge in [-0.15, -0.1) is 0 Å². The Kier molecular flexibility index (Phi) is 6.57. The van der Waals surface area contributed by atoms with Crippen LogP contribution in [0.15, 0.2) is 37.1 Å². The second-order valence-corrected chi connectivity index (χ2v) is 2.35. The molecule has 0 unspecified atom stereocenters. The Morgan fingerprint density at radius 1 is 1.40 bits per heavy atom. The molecule has 0 spiro atoms. The second-order valence-electron chi connectivity index (χ2n) is 2.35. The van der Waals surface area contributed by atoms with Crippen molar-refractivity contribution < 1.29 is 24.2 Å². The molecule has 0 rings (SSSR count). The molecule has 0 aromatic carbocycles. The molecule has 0 saturated heterocycles. The van der Waals surface area contributed by atoms with Crippen molar-refractivity contribution in [2.45, 2.75) is 6.42 Å². The molecule has 0 heterocycles. The maximum atomic E-state index is 10.9. The van der Waals surface area contributed by atoms with Crippen molar-refractivity contribution in [2.24, 2.45) is 0 Å². The van der Waals surface area contributed by atoms with Crippen molar-refractivity contribution >= 4 is 11.9 Å². The van der Waals surface area contributed by atoms with Crippen LogP contribution in [0.3, 0.4) is 0 Å². The van der Waals surface area contributed by atoms with Crippen molar-refractivity contribution in [3.8, 4) is 0 Å². The van der Waals surface area contributed by atoms with Crippen LogP contribution in [0.25, 0.3) is 0 Å². The van der Waals surface area contributed by atoms with E-state index in [1.54, 1.807) is 0 Å². The van der Waals surface area contributed by atoms with Gasteiger partial charge in [-0.2, -0.15) is 0 Å². The molecule has 0 aliphatic heterocycles. The normalized spacial score (nSPS) is 9.67. The lowest BCUT2D eigenvalue weighted by Gasteiger charge is -1.98. The number of carbonyl (C=O) groups is 2. The fourth-order valence-electron chi connectivity index (χ4n) is 0.658. The summed E-state index contributed by atoms with van der Waals surface area (Å²) in [5, 5.41) is 8.28. The van der Waals surface area contributed by atoms with E-state index in [0.717, 1.165) is 6.26 Å². The predicted octanol–water partition coefficient (Wildman–Crippen LogP) is 0.669. The van der Waals surface area contributed by atoms with E-state index in [1.165, 1.54) is 12.2 Å². The fraction of sp³-hybridized carbons (Fsp3) is 0.200. The van der Waals surface area contributed by atoms with E-state index in [-0.39, 0.29) is 12.0 Å². The van der Waals surface area contributed by atoms with Crippen molar-refractivity contribution in [3.05, 3.63) is 37.1 Å². The van der Waals surface area contributed by atoms with E-state index in [1.807, 2.05) is 0 Å². The zero-order chi connectivity index (χ0) is 11.7. The number of aliphatic hydroxyl groups excluding tert-OH is 1. The largest absolute Gasteiger partial charge is 0.435 e. The molecular weight excluding hydrogens is 200 g/mol. The lowest BCUT2D eigenvalue weighted by molar-refractivity contribution is -0.146. The van der Waals surface area contributed by atoms with E-state index >= 15 is 0 Å². The first kappa shape index (κ1) is 13.1. The van der Waals surface area contributed by atoms with Crippen LogP contribution < -0.4 is 0 Å². The summed E-state index contributed by atoms with van der Waals surface area (Å²) in [7, 11) is 0. The first-order valence-electron chi connectivity index (χ1n) is 4.05. The second kappa shape index (κ2) is 7.52. The SMILES string of the molecule is C=COC(=O)CC=CC(=C)C(=O)OCO.